The first-order chi connectivity index (χ1) is 10.9. The lowest BCUT2D eigenvalue weighted by atomic mass is 9.46. The van der Waals surface area contributed by atoms with Crippen LogP contribution in [0.2, 0.25) is 0 Å². The van der Waals surface area contributed by atoms with Crippen LogP contribution >= 0.6 is 0 Å². The standard InChI is InChI=1S/C20H33NO2/c1-4-12-11-16(22)20(3)9-7-14-13(18(12)20)5-6-15-19(14,2)10-8-17(23)21-15/h12-16,18,22H,4-11H2,1-3H3,(H,21,23)/t12?,13-,14-,15?,16?,18+,19-,20-/m1/s1. The number of aliphatic hydroxyl groups is 1. The molecule has 130 valence electrons. The third kappa shape index (κ3) is 2.08. The molecule has 1 saturated heterocycles. The van der Waals surface area contributed by atoms with Crippen molar-refractivity contribution < 1.29 is 9.90 Å². The highest BCUT2D eigenvalue weighted by molar-refractivity contribution is 5.77. The minimum Gasteiger partial charge on any atom is -0.393 e. The summed E-state index contributed by atoms with van der Waals surface area (Å²) in [5.74, 6) is 3.14. The first-order valence-corrected chi connectivity index (χ1v) is 9.87. The Kier molecular flexibility index (Phi) is 3.61. The Bertz CT molecular complexity index is 506. The molecule has 3 aliphatic carbocycles. The maximum absolute atomic E-state index is 11.9. The number of fused-ring (bicyclic) bond motifs is 5. The normalized spacial score (nSPS) is 55.6. The number of carbonyl (C=O) groups excluding carboxylic acids is 1. The van der Waals surface area contributed by atoms with Crippen LogP contribution in [0, 0.1) is 34.5 Å². The van der Waals surface area contributed by atoms with Crippen molar-refractivity contribution >= 4 is 5.91 Å². The molecule has 3 saturated carbocycles. The van der Waals surface area contributed by atoms with E-state index in [2.05, 4.69) is 26.1 Å². The van der Waals surface area contributed by atoms with Crippen molar-refractivity contribution in [2.24, 2.45) is 34.5 Å². The average Bonchev–Trinajstić information content (AvgIpc) is 2.79. The van der Waals surface area contributed by atoms with E-state index in [1.54, 1.807) is 0 Å². The van der Waals surface area contributed by atoms with Crippen LogP contribution < -0.4 is 5.32 Å². The summed E-state index contributed by atoms with van der Waals surface area (Å²) >= 11 is 0. The minimum atomic E-state index is -0.102. The van der Waals surface area contributed by atoms with Crippen molar-refractivity contribution in [3.8, 4) is 0 Å². The predicted octanol–water partition coefficient (Wildman–Crippen LogP) is 3.50. The van der Waals surface area contributed by atoms with Gasteiger partial charge in [0.15, 0.2) is 0 Å². The Morgan fingerprint density at radius 2 is 1.96 bits per heavy atom. The summed E-state index contributed by atoms with van der Waals surface area (Å²) in [7, 11) is 0. The van der Waals surface area contributed by atoms with Crippen molar-refractivity contribution in [2.75, 3.05) is 0 Å². The highest BCUT2D eigenvalue weighted by Crippen LogP contribution is 2.65. The molecule has 0 aromatic heterocycles. The fraction of sp³-hybridized carbons (Fsp3) is 0.950. The van der Waals surface area contributed by atoms with Crippen LogP contribution in [0.25, 0.3) is 0 Å². The summed E-state index contributed by atoms with van der Waals surface area (Å²) < 4.78 is 0. The topological polar surface area (TPSA) is 49.3 Å². The zero-order valence-corrected chi connectivity index (χ0v) is 15.0. The largest absolute Gasteiger partial charge is 0.393 e. The molecule has 4 fully saturated rings. The SMILES string of the molecule is CCC1CC(O)[C@@]2(C)CC[C@@H]3[C@@H](CCC4NC(=O)CC[C@@]43C)[C@H]12. The van der Waals surface area contributed by atoms with E-state index in [0.717, 1.165) is 31.1 Å². The van der Waals surface area contributed by atoms with Crippen LogP contribution in [0.4, 0.5) is 0 Å². The molecular weight excluding hydrogens is 286 g/mol. The van der Waals surface area contributed by atoms with Gasteiger partial charge in [-0.1, -0.05) is 27.2 Å². The van der Waals surface area contributed by atoms with Crippen molar-refractivity contribution in [2.45, 2.75) is 84.3 Å². The molecule has 0 radical (unpaired) electrons. The fourth-order valence-electron chi connectivity index (χ4n) is 7.38. The maximum Gasteiger partial charge on any atom is 0.220 e. The van der Waals surface area contributed by atoms with Gasteiger partial charge < -0.3 is 10.4 Å². The highest BCUT2D eigenvalue weighted by Gasteiger charge is 2.62. The van der Waals surface area contributed by atoms with E-state index in [0.29, 0.717) is 24.3 Å². The predicted molar refractivity (Wildman–Crippen MR) is 90.7 cm³/mol. The molecule has 8 atom stereocenters. The molecule has 0 spiro atoms. The number of nitrogens with one attached hydrogen (secondary N) is 1. The van der Waals surface area contributed by atoms with E-state index < -0.39 is 0 Å². The number of rotatable bonds is 1. The second-order valence-electron chi connectivity index (χ2n) is 9.46. The van der Waals surface area contributed by atoms with E-state index in [4.69, 9.17) is 0 Å². The van der Waals surface area contributed by atoms with Gasteiger partial charge in [-0.15, -0.1) is 0 Å². The molecule has 3 nitrogen and oxygen atoms in total. The molecule has 1 aliphatic heterocycles. The van der Waals surface area contributed by atoms with Gasteiger partial charge in [-0.05, 0) is 73.0 Å². The number of piperidine rings is 1. The van der Waals surface area contributed by atoms with Gasteiger partial charge in [-0.25, -0.2) is 0 Å². The molecule has 23 heavy (non-hydrogen) atoms. The van der Waals surface area contributed by atoms with Crippen molar-refractivity contribution in [1.82, 2.24) is 5.32 Å². The first-order valence-electron chi connectivity index (χ1n) is 9.87. The summed E-state index contributed by atoms with van der Waals surface area (Å²) in [5, 5.41) is 14.1. The number of carbonyl (C=O) groups is 1. The quantitative estimate of drug-likeness (QED) is 0.777. The van der Waals surface area contributed by atoms with Crippen LogP contribution in [-0.2, 0) is 4.79 Å². The molecule has 0 aromatic carbocycles. The van der Waals surface area contributed by atoms with Gasteiger partial charge in [0.2, 0.25) is 5.91 Å². The summed E-state index contributed by atoms with van der Waals surface area (Å²) in [4.78, 5) is 11.9. The summed E-state index contributed by atoms with van der Waals surface area (Å²) in [6.45, 7) is 7.12. The van der Waals surface area contributed by atoms with E-state index in [9.17, 15) is 9.90 Å². The Labute approximate surface area is 140 Å². The molecule has 1 amide bonds. The summed E-state index contributed by atoms with van der Waals surface area (Å²) in [5.41, 5.74) is 0.424. The summed E-state index contributed by atoms with van der Waals surface area (Å²) in [6, 6.07) is 0.390. The zero-order chi connectivity index (χ0) is 16.4. The Hall–Kier alpha value is -0.570. The second kappa shape index (κ2) is 5.21. The van der Waals surface area contributed by atoms with Crippen LogP contribution in [-0.4, -0.2) is 23.2 Å². The molecule has 4 aliphatic rings. The number of hydrogen-bond donors (Lipinski definition) is 2. The monoisotopic (exact) mass is 319 g/mol. The first kappa shape index (κ1) is 15.9. The average molecular weight is 319 g/mol. The van der Waals surface area contributed by atoms with Gasteiger partial charge >= 0.3 is 0 Å². The lowest BCUT2D eigenvalue weighted by molar-refractivity contribution is -0.140. The molecule has 3 heteroatoms. The minimum absolute atomic E-state index is 0.102. The molecule has 0 aromatic rings. The highest BCUT2D eigenvalue weighted by atomic mass is 16.3. The zero-order valence-electron chi connectivity index (χ0n) is 15.0. The van der Waals surface area contributed by atoms with Crippen LogP contribution in [0.5, 0.6) is 0 Å². The number of amides is 1. The van der Waals surface area contributed by atoms with Gasteiger partial charge in [0, 0.05) is 12.5 Å². The second-order valence-corrected chi connectivity index (χ2v) is 9.46. The summed E-state index contributed by atoms with van der Waals surface area (Å²) in [6.07, 6.45) is 8.69. The Morgan fingerprint density at radius 3 is 2.70 bits per heavy atom. The molecule has 3 unspecified atom stereocenters. The number of aliphatic hydroxyl groups excluding tert-OH is 1. The molecule has 1 heterocycles. The third-order valence-electron chi connectivity index (χ3n) is 8.71. The molecule has 4 rings (SSSR count). The third-order valence-corrected chi connectivity index (χ3v) is 8.71. The molecule has 0 bridgehead atoms. The van der Waals surface area contributed by atoms with E-state index in [-0.39, 0.29) is 22.8 Å². The lowest BCUT2D eigenvalue weighted by Gasteiger charge is -2.60. The van der Waals surface area contributed by atoms with E-state index in [1.807, 2.05) is 0 Å². The van der Waals surface area contributed by atoms with Gasteiger partial charge in [0.25, 0.3) is 0 Å². The fourth-order valence-corrected chi connectivity index (χ4v) is 7.38. The van der Waals surface area contributed by atoms with Crippen molar-refractivity contribution in [1.29, 1.82) is 0 Å². The molecular formula is C20H33NO2. The van der Waals surface area contributed by atoms with Gasteiger partial charge in [-0.3, -0.25) is 4.79 Å². The van der Waals surface area contributed by atoms with E-state index >= 15 is 0 Å². The van der Waals surface area contributed by atoms with Gasteiger partial charge in [0.05, 0.1) is 6.10 Å². The van der Waals surface area contributed by atoms with Crippen molar-refractivity contribution in [3.63, 3.8) is 0 Å². The van der Waals surface area contributed by atoms with Gasteiger partial charge in [0.1, 0.15) is 0 Å². The van der Waals surface area contributed by atoms with Crippen molar-refractivity contribution in [3.05, 3.63) is 0 Å². The van der Waals surface area contributed by atoms with E-state index in [1.165, 1.54) is 25.7 Å². The Morgan fingerprint density at radius 1 is 1.17 bits per heavy atom. The Balaban J connectivity index is 1.67. The van der Waals surface area contributed by atoms with Gasteiger partial charge in [-0.2, -0.15) is 0 Å². The maximum atomic E-state index is 11.9. The lowest BCUT2D eigenvalue weighted by Crippen LogP contribution is -2.61. The molecule has 2 N–H and O–H groups in total. The number of hydrogen-bond acceptors (Lipinski definition) is 2. The van der Waals surface area contributed by atoms with Crippen LogP contribution in [0.15, 0.2) is 0 Å². The smallest absolute Gasteiger partial charge is 0.220 e. The van der Waals surface area contributed by atoms with Crippen LogP contribution in [0.1, 0.15) is 72.1 Å². The van der Waals surface area contributed by atoms with Crippen LogP contribution in [0.3, 0.4) is 0 Å².